The number of ketones is 2. The minimum absolute atomic E-state index is 0.0995. The van der Waals surface area contributed by atoms with Gasteiger partial charge in [-0.1, -0.05) is 27.7 Å². The molecule has 3 aliphatic carbocycles. The lowest BCUT2D eigenvalue weighted by molar-refractivity contribution is -0.299. The molecule has 0 unspecified atom stereocenters. The van der Waals surface area contributed by atoms with Crippen LogP contribution in [0.1, 0.15) is 54.4 Å². The zero-order chi connectivity index (χ0) is 21.0. The van der Waals surface area contributed by atoms with Crippen molar-refractivity contribution in [3.63, 3.8) is 0 Å². The summed E-state index contributed by atoms with van der Waals surface area (Å²) in [4.78, 5) is 27.1. The van der Waals surface area contributed by atoms with E-state index in [1.807, 2.05) is 13.8 Å². The second-order valence-electron chi connectivity index (χ2n) is 10.6. The number of rotatable bonds is 0. The van der Waals surface area contributed by atoms with Gasteiger partial charge in [0.2, 0.25) is 11.6 Å². The molecule has 156 valence electrons. The van der Waals surface area contributed by atoms with Gasteiger partial charge in [-0.05, 0) is 31.3 Å². The number of hydrogen-bond donors (Lipinski definition) is 3. The third kappa shape index (κ3) is 1.98. The molecule has 1 heterocycles. The predicted molar refractivity (Wildman–Crippen MR) is 101 cm³/mol. The van der Waals surface area contributed by atoms with Gasteiger partial charge in [0.05, 0.1) is 35.9 Å². The zero-order valence-electron chi connectivity index (χ0n) is 17.6. The van der Waals surface area contributed by atoms with E-state index in [4.69, 9.17) is 4.74 Å². The third-order valence-corrected chi connectivity index (χ3v) is 9.10. The number of carbonyl (C=O) groups is 2. The van der Waals surface area contributed by atoms with Crippen LogP contribution in [0.15, 0.2) is 11.1 Å². The van der Waals surface area contributed by atoms with Crippen molar-refractivity contribution in [1.82, 2.24) is 0 Å². The fourth-order valence-electron chi connectivity index (χ4n) is 7.25. The SMILES string of the molecule is CC1=C2C(=O)C(=O)[C@]3(C)[C@H](O)C[C@H]4OC[C@@]4(C)[C@H]3[C@H](C)[C@](O)(C[C@@H]1O)C2(C)C. The Bertz CT molecular complexity index is 799. The van der Waals surface area contributed by atoms with Gasteiger partial charge in [0, 0.05) is 29.2 Å². The number of hydrogen-bond acceptors (Lipinski definition) is 6. The number of aliphatic hydroxyl groups is 3. The summed E-state index contributed by atoms with van der Waals surface area (Å²) in [6, 6.07) is 0. The van der Waals surface area contributed by atoms with Crippen LogP contribution in [0.2, 0.25) is 0 Å². The summed E-state index contributed by atoms with van der Waals surface area (Å²) in [5.74, 6) is -2.17. The molecule has 1 aliphatic heterocycles. The van der Waals surface area contributed by atoms with Crippen LogP contribution in [0.5, 0.6) is 0 Å². The van der Waals surface area contributed by atoms with Gasteiger partial charge in [0.25, 0.3) is 0 Å². The van der Waals surface area contributed by atoms with E-state index in [0.717, 1.165) is 0 Å². The lowest BCUT2D eigenvalue weighted by atomic mass is 9.41. The van der Waals surface area contributed by atoms with Crippen LogP contribution in [-0.2, 0) is 14.3 Å². The van der Waals surface area contributed by atoms with Crippen LogP contribution in [0.3, 0.4) is 0 Å². The summed E-state index contributed by atoms with van der Waals surface area (Å²) in [6.07, 6.45) is -1.81. The second-order valence-corrected chi connectivity index (χ2v) is 10.6. The van der Waals surface area contributed by atoms with Crippen LogP contribution in [-0.4, -0.2) is 57.4 Å². The van der Waals surface area contributed by atoms with Gasteiger partial charge in [-0.3, -0.25) is 9.59 Å². The van der Waals surface area contributed by atoms with Gasteiger partial charge in [0.1, 0.15) is 0 Å². The minimum Gasteiger partial charge on any atom is -0.392 e. The van der Waals surface area contributed by atoms with Crippen molar-refractivity contribution in [3.05, 3.63) is 11.1 Å². The number of fused-ring (bicyclic) bond motifs is 5. The van der Waals surface area contributed by atoms with E-state index in [-0.39, 0.29) is 18.1 Å². The molecule has 0 radical (unpaired) electrons. The molecule has 0 amide bonds. The first-order valence-electron chi connectivity index (χ1n) is 10.2. The highest BCUT2D eigenvalue weighted by Gasteiger charge is 2.72. The van der Waals surface area contributed by atoms with E-state index in [0.29, 0.717) is 18.6 Å². The van der Waals surface area contributed by atoms with Gasteiger partial charge in [0.15, 0.2) is 0 Å². The van der Waals surface area contributed by atoms with E-state index in [1.54, 1.807) is 27.7 Å². The summed E-state index contributed by atoms with van der Waals surface area (Å²) >= 11 is 0. The Labute approximate surface area is 166 Å². The van der Waals surface area contributed by atoms with E-state index in [9.17, 15) is 24.9 Å². The number of Topliss-reactive ketones (excluding diaryl/α,β-unsaturated/α-hetero) is 2. The average molecular weight is 392 g/mol. The summed E-state index contributed by atoms with van der Waals surface area (Å²) in [5, 5.41) is 33.7. The Balaban J connectivity index is 2.03. The normalized spacial score (nSPS) is 53.0. The molecule has 0 spiro atoms. The molecule has 28 heavy (non-hydrogen) atoms. The van der Waals surface area contributed by atoms with Gasteiger partial charge in [-0.2, -0.15) is 0 Å². The number of ether oxygens (including phenoxy) is 1. The molecule has 0 aromatic carbocycles. The molecule has 6 heteroatoms. The summed E-state index contributed by atoms with van der Waals surface area (Å²) in [7, 11) is 0. The molecular formula is C22H32O6. The van der Waals surface area contributed by atoms with Crippen molar-refractivity contribution in [3.8, 4) is 0 Å². The quantitative estimate of drug-likeness (QED) is 0.539. The fraction of sp³-hybridized carbons (Fsp3) is 0.818. The van der Waals surface area contributed by atoms with Crippen molar-refractivity contribution < 1.29 is 29.6 Å². The molecule has 6 nitrogen and oxygen atoms in total. The summed E-state index contributed by atoms with van der Waals surface area (Å²) < 4.78 is 5.72. The average Bonchev–Trinajstić information content (AvgIpc) is 2.60. The van der Waals surface area contributed by atoms with Gasteiger partial charge >= 0.3 is 0 Å². The maximum atomic E-state index is 13.6. The highest BCUT2D eigenvalue weighted by atomic mass is 16.5. The minimum atomic E-state index is -1.40. The van der Waals surface area contributed by atoms with Crippen LogP contribution in [0.4, 0.5) is 0 Å². The molecule has 4 rings (SSSR count). The smallest absolute Gasteiger partial charge is 0.225 e. The lowest BCUT2D eigenvalue weighted by Gasteiger charge is -2.67. The fourth-order valence-corrected chi connectivity index (χ4v) is 7.25. The van der Waals surface area contributed by atoms with Crippen LogP contribution in [0.25, 0.3) is 0 Å². The van der Waals surface area contributed by atoms with E-state index < -0.39 is 57.5 Å². The first-order valence-corrected chi connectivity index (χ1v) is 10.2. The molecule has 2 saturated carbocycles. The highest BCUT2D eigenvalue weighted by Crippen LogP contribution is 2.66. The maximum absolute atomic E-state index is 13.6. The Morgan fingerprint density at radius 1 is 1.11 bits per heavy atom. The molecule has 2 bridgehead atoms. The maximum Gasteiger partial charge on any atom is 0.225 e. The van der Waals surface area contributed by atoms with Crippen LogP contribution in [0, 0.1) is 28.1 Å². The zero-order valence-corrected chi connectivity index (χ0v) is 17.6. The molecule has 0 aromatic rings. The summed E-state index contributed by atoms with van der Waals surface area (Å²) in [5.41, 5.74) is -3.47. The molecule has 8 atom stereocenters. The number of carbonyl (C=O) groups excluding carboxylic acids is 2. The number of aliphatic hydroxyl groups excluding tert-OH is 2. The second kappa shape index (κ2) is 5.54. The largest absolute Gasteiger partial charge is 0.392 e. The van der Waals surface area contributed by atoms with Crippen molar-refractivity contribution in [2.24, 2.45) is 28.1 Å². The third-order valence-electron chi connectivity index (χ3n) is 9.10. The van der Waals surface area contributed by atoms with Gasteiger partial charge in [-0.15, -0.1) is 0 Å². The highest BCUT2D eigenvalue weighted by molar-refractivity contribution is 6.46. The van der Waals surface area contributed by atoms with Crippen molar-refractivity contribution in [1.29, 1.82) is 0 Å². The Hall–Kier alpha value is -1.08. The van der Waals surface area contributed by atoms with Crippen molar-refractivity contribution in [2.75, 3.05) is 6.61 Å². The monoisotopic (exact) mass is 392 g/mol. The predicted octanol–water partition coefficient (Wildman–Crippen LogP) is 1.40. The van der Waals surface area contributed by atoms with Crippen molar-refractivity contribution >= 4 is 11.6 Å². The standard InChI is InChI=1S/C22H32O6/c1-10-12(23)8-22(27)11(2)17-20(5)9-28-14(20)7-13(24)21(17,6)18(26)16(25)15(10)19(22,3)4/h11-14,17,23-24,27H,7-9H2,1-6H3/t11-,12-,13+,14+,17+,20+,21+,22+/m0/s1. The van der Waals surface area contributed by atoms with Crippen LogP contribution >= 0.6 is 0 Å². The van der Waals surface area contributed by atoms with E-state index in [2.05, 4.69) is 0 Å². The molecule has 3 fully saturated rings. The van der Waals surface area contributed by atoms with E-state index in [1.165, 1.54) is 0 Å². The first kappa shape index (κ1) is 20.2. The van der Waals surface area contributed by atoms with Crippen molar-refractivity contribution in [2.45, 2.75) is 78.3 Å². The molecule has 3 N–H and O–H groups in total. The lowest BCUT2D eigenvalue weighted by Crippen LogP contribution is -2.74. The van der Waals surface area contributed by atoms with E-state index >= 15 is 0 Å². The molecular weight excluding hydrogens is 360 g/mol. The first-order chi connectivity index (χ1) is 12.7. The Morgan fingerprint density at radius 2 is 1.71 bits per heavy atom. The molecule has 4 aliphatic rings. The molecule has 1 saturated heterocycles. The Kier molecular flexibility index (Phi) is 3.99. The summed E-state index contributed by atoms with van der Waals surface area (Å²) in [6.45, 7) is 11.3. The molecule has 0 aromatic heterocycles. The van der Waals surface area contributed by atoms with Crippen LogP contribution < -0.4 is 0 Å². The topological polar surface area (TPSA) is 104 Å². The Morgan fingerprint density at radius 3 is 2.25 bits per heavy atom. The van der Waals surface area contributed by atoms with Gasteiger partial charge < -0.3 is 20.1 Å². The van der Waals surface area contributed by atoms with Gasteiger partial charge in [-0.25, -0.2) is 0 Å².